The second-order valence-electron chi connectivity index (χ2n) is 4.38. The van der Waals surface area contributed by atoms with Gasteiger partial charge < -0.3 is 20.4 Å². The first-order chi connectivity index (χ1) is 9.11. The van der Waals surface area contributed by atoms with Crippen LogP contribution in [0.5, 0.6) is 0 Å². The molecular formula is C9H17N4O6P. The predicted octanol–water partition coefficient (Wildman–Crippen LogP) is -1.70. The Labute approximate surface area is 115 Å². The minimum absolute atomic E-state index is 0.00889. The number of amides is 2. The molecule has 0 aromatic rings. The van der Waals surface area contributed by atoms with Crippen LogP contribution in [0.15, 0.2) is 0 Å². The van der Waals surface area contributed by atoms with Crippen LogP contribution in [0.25, 0.3) is 0 Å². The number of carbonyl (C=O) groups is 2. The van der Waals surface area contributed by atoms with E-state index in [1.54, 1.807) is 0 Å². The van der Waals surface area contributed by atoms with Gasteiger partial charge >= 0.3 is 7.82 Å². The van der Waals surface area contributed by atoms with Crippen molar-refractivity contribution in [2.24, 2.45) is 11.7 Å². The largest absolute Gasteiger partial charge is 0.469 e. The molecule has 0 bridgehead atoms. The van der Waals surface area contributed by atoms with Crippen molar-refractivity contribution in [1.29, 1.82) is 5.41 Å². The summed E-state index contributed by atoms with van der Waals surface area (Å²) in [5.74, 6) is -1.78. The van der Waals surface area contributed by atoms with Gasteiger partial charge in [-0.3, -0.25) is 24.4 Å². The molecule has 11 heteroatoms. The molecule has 1 atom stereocenters. The summed E-state index contributed by atoms with van der Waals surface area (Å²) in [5.41, 5.74) is 5.12. The average molecular weight is 308 g/mol. The Balaban J connectivity index is 2.51. The van der Waals surface area contributed by atoms with Crippen LogP contribution in [0.1, 0.15) is 6.42 Å². The van der Waals surface area contributed by atoms with E-state index in [-0.39, 0.29) is 38.0 Å². The second kappa shape index (κ2) is 6.31. The third kappa shape index (κ3) is 4.57. The van der Waals surface area contributed by atoms with Crippen molar-refractivity contribution in [3.05, 3.63) is 0 Å². The lowest BCUT2D eigenvalue weighted by Crippen LogP contribution is -2.44. The zero-order valence-electron chi connectivity index (χ0n) is 10.9. The molecule has 1 unspecified atom stereocenters. The number of likely N-dealkylation sites (N-methyl/N-ethyl adjacent to an activating group) is 1. The second-order valence-corrected chi connectivity index (χ2v) is 5.62. The molecule has 0 radical (unpaired) electrons. The number of nitrogens with zero attached hydrogens (tertiary/aromatic N) is 2. The Bertz CT molecular complexity index is 463. The lowest BCUT2D eigenvalue weighted by atomic mass is 10.1. The van der Waals surface area contributed by atoms with Crippen LogP contribution in [-0.2, 0) is 18.7 Å². The molecular weight excluding hydrogens is 291 g/mol. The van der Waals surface area contributed by atoms with Crippen molar-refractivity contribution in [2.45, 2.75) is 6.42 Å². The number of phosphoric acid groups is 1. The molecule has 0 aliphatic carbocycles. The van der Waals surface area contributed by atoms with E-state index in [2.05, 4.69) is 4.52 Å². The first-order valence-electron chi connectivity index (χ1n) is 5.71. The summed E-state index contributed by atoms with van der Waals surface area (Å²) >= 11 is 0. The Morgan fingerprint density at radius 2 is 2.25 bits per heavy atom. The molecule has 0 saturated carbocycles. The summed E-state index contributed by atoms with van der Waals surface area (Å²) in [4.78, 5) is 42.1. The van der Waals surface area contributed by atoms with Gasteiger partial charge in [0.2, 0.25) is 11.8 Å². The van der Waals surface area contributed by atoms with Crippen LogP contribution < -0.4 is 5.73 Å². The number of nitrogens with one attached hydrogen (secondary N) is 1. The van der Waals surface area contributed by atoms with Crippen molar-refractivity contribution in [3.63, 3.8) is 0 Å². The van der Waals surface area contributed by atoms with Crippen molar-refractivity contribution in [3.8, 4) is 0 Å². The number of rotatable bonds is 5. The van der Waals surface area contributed by atoms with E-state index in [1.165, 1.54) is 11.9 Å². The van der Waals surface area contributed by atoms with Crippen molar-refractivity contribution in [1.82, 2.24) is 9.80 Å². The fourth-order valence-electron chi connectivity index (χ4n) is 1.71. The molecule has 0 spiro atoms. The van der Waals surface area contributed by atoms with E-state index >= 15 is 0 Å². The minimum atomic E-state index is -4.55. The normalized spacial score (nSPS) is 19.2. The molecule has 0 aromatic heterocycles. The molecule has 0 aromatic carbocycles. The molecule has 1 rings (SSSR count). The first-order valence-corrected chi connectivity index (χ1v) is 7.24. The van der Waals surface area contributed by atoms with Crippen molar-refractivity contribution >= 4 is 25.6 Å². The average Bonchev–Trinajstić information content (AvgIpc) is 2.68. The van der Waals surface area contributed by atoms with Crippen LogP contribution in [0.2, 0.25) is 0 Å². The topological polar surface area (TPSA) is 157 Å². The van der Waals surface area contributed by atoms with Gasteiger partial charge in [-0.15, -0.1) is 0 Å². The Kier molecular flexibility index (Phi) is 5.23. The first kappa shape index (κ1) is 16.6. The molecule has 1 heterocycles. The van der Waals surface area contributed by atoms with Crippen molar-refractivity contribution in [2.75, 3.05) is 26.7 Å². The molecule has 10 nitrogen and oxygen atoms in total. The summed E-state index contributed by atoms with van der Waals surface area (Å²) in [6, 6.07) is 0. The van der Waals surface area contributed by atoms with Gasteiger partial charge in [0.25, 0.3) is 0 Å². The summed E-state index contributed by atoms with van der Waals surface area (Å²) in [6.45, 7) is -0.254. The van der Waals surface area contributed by atoms with E-state index < -0.39 is 19.6 Å². The van der Waals surface area contributed by atoms with Crippen LogP contribution in [0, 0.1) is 11.3 Å². The molecule has 1 saturated heterocycles. The monoisotopic (exact) mass is 308 g/mol. The number of likely N-dealkylation sites (tertiary alicyclic amines) is 1. The van der Waals surface area contributed by atoms with Gasteiger partial charge in [-0.2, -0.15) is 0 Å². The minimum Gasteiger partial charge on any atom is -0.369 e. The van der Waals surface area contributed by atoms with Gasteiger partial charge in [0.15, 0.2) is 5.96 Å². The fourth-order valence-corrected chi connectivity index (χ4v) is 2.03. The Hall–Kier alpha value is -1.48. The zero-order chi connectivity index (χ0) is 15.5. The highest BCUT2D eigenvalue weighted by atomic mass is 31.2. The lowest BCUT2D eigenvalue weighted by Gasteiger charge is -2.26. The molecule has 114 valence electrons. The maximum atomic E-state index is 11.7. The molecule has 5 N–H and O–H groups in total. The number of nitrogens with two attached hydrogens (primary N) is 1. The lowest BCUT2D eigenvalue weighted by molar-refractivity contribution is -0.126. The maximum absolute atomic E-state index is 11.7. The zero-order valence-corrected chi connectivity index (χ0v) is 11.7. The van der Waals surface area contributed by atoms with E-state index in [0.29, 0.717) is 0 Å². The van der Waals surface area contributed by atoms with E-state index in [1.807, 2.05) is 0 Å². The Morgan fingerprint density at radius 3 is 2.70 bits per heavy atom. The SMILES string of the molecule is CN(CCOP(=O)(O)O)C(=N)N1CC(C(N)=O)CC1=O. The van der Waals surface area contributed by atoms with E-state index in [9.17, 15) is 14.2 Å². The van der Waals surface area contributed by atoms with Gasteiger partial charge in [-0.1, -0.05) is 0 Å². The summed E-state index contributed by atoms with van der Waals surface area (Å²) < 4.78 is 14.7. The third-order valence-corrected chi connectivity index (χ3v) is 3.35. The van der Waals surface area contributed by atoms with Crippen LogP contribution in [0.4, 0.5) is 0 Å². The standard InChI is InChI=1S/C9H17N4O6P/c1-12(2-3-19-20(16,17)18)9(11)13-5-6(8(10)15)4-7(13)14/h6,11H,2-5H2,1H3,(H2,10,15)(H2,16,17,18). The van der Waals surface area contributed by atoms with Gasteiger partial charge in [-0.25, -0.2) is 4.57 Å². The van der Waals surface area contributed by atoms with Crippen LogP contribution >= 0.6 is 7.82 Å². The summed E-state index contributed by atoms with van der Waals surface area (Å²) in [6.07, 6.45) is -0.0372. The molecule has 1 aliphatic rings. The number of guanidine groups is 1. The van der Waals surface area contributed by atoms with Gasteiger partial charge in [0.05, 0.1) is 12.5 Å². The highest BCUT2D eigenvalue weighted by Gasteiger charge is 2.36. The quantitative estimate of drug-likeness (QED) is 0.267. The maximum Gasteiger partial charge on any atom is 0.469 e. The number of hydrogen-bond acceptors (Lipinski definition) is 5. The van der Waals surface area contributed by atoms with Gasteiger partial charge in [0, 0.05) is 26.6 Å². The molecule has 20 heavy (non-hydrogen) atoms. The summed E-state index contributed by atoms with van der Waals surface area (Å²) in [5, 5.41) is 7.82. The number of carbonyl (C=O) groups excluding carboxylic acids is 2. The van der Waals surface area contributed by atoms with Crippen LogP contribution in [-0.4, -0.2) is 64.1 Å². The third-order valence-electron chi connectivity index (χ3n) is 2.83. The Morgan fingerprint density at radius 1 is 1.65 bits per heavy atom. The predicted molar refractivity (Wildman–Crippen MR) is 67.4 cm³/mol. The van der Waals surface area contributed by atoms with E-state index in [4.69, 9.17) is 20.9 Å². The number of phosphoric ester groups is 1. The molecule has 1 fully saturated rings. The fraction of sp³-hybridized carbons (Fsp3) is 0.667. The molecule has 1 aliphatic heterocycles. The van der Waals surface area contributed by atoms with Gasteiger partial charge in [-0.05, 0) is 0 Å². The highest BCUT2D eigenvalue weighted by Crippen LogP contribution is 2.35. The highest BCUT2D eigenvalue weighted by molar-refractivity contribution is 7.46. The summed E-state index contributed by atoms with van der Waals surface area (Å²) in [7, 11) is -3.08. The van der Waals surface area contributed by atoms with Crippen LogP contribution in [0.3, 0.4) is 0 Å². The number of primary amides is 1. The van der Waals surface area contributed by atoms with Crippen molar-refractivity contribution < 1.29 is 28.5 Å². The number of hydrogen-bond donors (Lipinski definition) is 4. The smallest absolute Gasteiger partial charge is 0.369 e. The molecule has 2 amide bonds. The van der Waals surface area contributed by atoms with Gasteiger partial charge in [0.1, 0.15) is 0 Å². The van der Waals surface area contributed by atoms with E-state index in [0.717, 1.165) is 4.90 Å².